The lowest BCUT2D eigenvalue weighted by molar-refractivity contribution is -0.384. The van der Waals surface area contributed by atoms with Crippen LogP contribution in [0, 0.1) is 17.0 Å². The first kappa shape index (κ1) is 16.2. The lowest BCUT2D eigenvalue weighted by Gasteiger charge is -2.08. The van der Waals surface area contributed by atoms with Crippen molar-refractivity contribution in [3.63, 3.8) is 0 Å². The molecule has 128 valence electrons. The summed E-state index contributed by atoms with van der Waals surface area (Å²) < 4.78 is 1.67. The first-order chi connectivity index (χ1) is 12.5. The molecule has 0 saturated carbocycles. The first-order valence-electron chi connectivity index (χ1n) is 7.74. The summed E-state index contributed by atoms with van der Waals surface area (Å²) in [6.45, 7) is 1.92. The van der Waals surface area contributed by atoms with E-state index in [0.29, 0.717) is 11.0 Å². The van der Waals surface area contributed by atoms with Crippen molar-refractivity contribution in [2.75, 3.05) is 0 Å². The van der Waals surface area contributed by atoms with Gasteiger partial charge in [-0.25, -0.2) is 14.6 Å². The maximum absolute atomic E-state index is 11.1. The number of rotatable bonds is 3. The highest BCUT2D eigenvalue weighted by atomic mass is 35.5. The van der Waals surface area contributed by atoms with Crippen LogP contribution in [0.2, 0.25) is 5.15 Å². The maximum atomic E-state index is 11.1. The molecule has 7 nitrogen and oxygen atoms in total. The highest BCUT2D eigenvalue weighted by molar-refractivity contribution is 6.29. The Balaban J connectivity index is 1.90. The lowest BCUT2D eigenvalue weighted by atomic mass is 9.99. The van der Waals surface area contributed by atoms with E-state index in [-0.39, 0.29) is 5.69 Å². The molecule has 0 spiro atoms. The summed E-state index contributed by atoms with van der Waals surface area (Å²) in [6.07, 6.45) is 3.11. The van der Waals surface area contributed by atoms with Gasteiger partial charge in [-0.3, -0.25) is 10.1 Å². The van der Waals surface area contributed by atoms with Gasteiger partial charge in [0.15, 0.2) is 5.82 Å². The molecule has 0 aliphatic carbocycles. The number of hydrogen-bond donors (Lipinski definition) is 0. The number of nitro groups is 1. The van der Waals surface area contributed by atoms with Crippen molar-refractivity contribution < 1.29 is 4.92 Å². The minimum absolute atomic E-state index is 0.0572. The van der Waals surface area contributed by atoms with Crippen LogP contribution in [0.25, 0.3) is 27.8 Å². The Morgan fingerprint density at radius 2 is 1.96 bits per heavy atom. The summed E-state index contributed by atoms with van der Waals surface area (Å²) >= 11 is 5.95. The summed E-state index contributed by atoms with van der Waals surface area (Å²) in [5.74, 6) is 0.549. The summed E-state index contributed by atoms with van der Waals surface area (Å²) in [7, 11) is 0. The third-order valence-electron chi connectivity index (χ3n) is 4.15. The van der Waals surface area contributed by atoms with E-state index < -0.39 is 4.92 Å². The van der Waals surface area contributed by atoms with Crippen molar-refractivity contribution in [2.24, 2.45) is 0 Å². The highest BCUT2D eigenvalue weighted by Gasteiger charge is 2.13. The number of nitrogens with zero attached hydrogens (tertiary/aromatic N) is 5. The SMILES string of the molecule is Cc1ccc([N+](=O)[O-])cc1-c1ccc2cnn(-c3cc(Cl)ncn3)c2c1. The summed E-state index contributed by atoms with van der Waals surface area (Å²) in [4.78, 5) is 18.8. The van der Waals surface area contributed by atoms with Crippen molar-refractivity contribution in [2.45, 2.75) is 6.92 Å². The fraction of sp³-hybridized carbons (Fsp3) is 0.0556. The molecule has 0 amide bonds. The number of aryl methyl sites for hydroxylation is 1. The molecule has 4 aromatic rings. The van der Waals surface area contributed by atoms with E-state index in [1.165, 1.54) is 12.4 Å². The smallest absolute Gasteiger partial charge is 0.258 e. The minimum Gasteiger partial charge on any atom is -0.258 e. The van der Waals surface area contributed by atoms with Crippen molar-refractivity contribution in [3.8, 4) is 16.9 Å². The lowest BCUT2D eigenvalue weighted by Crippen LogP contribution is -1.99. The molecule has 0 bridgehead atoms. The quantitative estimate of drug-likeness (QED) is 0.306. The molecule has 2 aromatic heterocycles. The molecular formula is C18H12ClN5O2. The third-order valence-corrected chi connectivity index (χ3v) is 4.36. The molecule has 0 aliphatic heterocycles. The van der Waals surface area contributed by atoms with Gasteiger partial charge in [0.1, 0.15) is 11.5 Å². The van der Waals surface area contributed by atoms with Crippen LogP contribution < -0.4 is 0 Å². The molecule has 2 aromatic carbocycles. The Bertz CT molecular complexity index is 1160. The molecule has 0 N–H and O–H groups in total. The van der Waals surface area contributed by atoms with E-state index >= 15 is 0 Å². The Kier molecular flexibility index (Phi) is 3.85. The van der Waals surface area contributed by atoms with Crippen molar-refractivity contribution in [1.82, 2.24) is 19.7 Å². The normalized spacial score (nSPS) is 11.0. The van der Waals surface area contributed by atoms with Crippen molar-refractivity contribution >= 4 is 28.2 Å². The van der Waals surface area contributed by atoms with Gasteiger partial charge in [-0.2, -0.15) is 5.10 Å². The summed E-state index contributed by atoms with van der Waals surface area (Å²) in [6, 6.07) is 12.2. The van der Waals surface area contributed by atoms with Crippen LogP contribution in [0.3, 0.4) is 0 Å². The highest BCUT2D eigenvalue weighted by Crippen LogP contribution is 2.30. The zero-order valence-corrected chi connectivity index (χ0v) is 14.4. The number of aromatic nitrogens is 4. The Labute approximate surface area is 153 Å². The second kappa shape index (κ2) is 6.20. The molecule has 0 aliphatic rings. The van der Waals surface area contributed by atoms with Crippen LogP contribution in [0.4, 0.5) is 5.69 Å². The van der Waals surface area contributed by atoms with Gasteiger partial charge in [0.2, 0.25) is 0 Å². The maximum Gasteiger partial charge on any atom is 0.270 e. The Hall–Kier alpha value is -3.32. The average Bonchev–Trinajstić information content (AvgIpc) is 3.05. The second-order valence-electron chi connectivity index (χ2n) is 5.79. The topological polar surface area (TPSA) is 86.7 Å². The van der Waals surface area contributed by atoms with Gasteiger partial charge in [0.05, 0.1) is 16.6 Å². The molecule has 0 radical (unpaired) electrons. The molecule has 0 fully saturated rings. The molecule has 0 unspecified atom stereocenters. The zero-order chi connectivity index (χ0) is 18.3. The van der Waals surface area contributed by atoms with Gasteiger partial charge in [0, 0.05) is 23.6 Å². The van der Waals surface area contributed by atoms with Crippen molar-refractivity contribution in [1.29, 1.82) is 0 Å². The Morgan fingerprint density at radius 1 is 1.12 bits per heavy atom. The number of hydrogen-bond acceptors (Lipinski definition) is 5. The average molecular weight is 366 g/mol. The van der Waals surface area contributed by atoms with E-state index in [1.807, 2.05) is 25.1 Å². The Morgan fingerprint density at radius 3 is 2.73 bits per heavy atom. The zero-order valence-electron chi connectivity index (χ0n) is 13.6. The van der Waals surface area contributed by atoms with Gasteiger partial charge < -0.3 is 0 Å². The van der Waals surface area contributed by atoms with Crippen LogP contribution in [0.15, 0.2) is 55.0 Å². The third kappa shape index (κ3) is 2.78. The molecule has 26 heavy (non-hydrogen) atoms. The van der Waals surface area contributed by atoms with Gasteiger partial charge in [-0.05, 0) is 29.7 Å². The van der Waals surface area contributed by atoms with Crippen LogP contribution in [-0.2, 0) is 0 Å². The number of fused-ring (bicyclic) bond motifs is 1. The largest absolute Gasteiger partial charge is 0.270 e. The van der Waals surface area contributed by atoms with E-state index in [4.69, 9.17) is 11.6 Å². The van der Waals surface area contributed by atoms with Crippen LogP contribution in [0.1, 0.15) is 5.56 Å². The van der Waals surface area contributed by atoms with E-state index in [2.05, 4.69) is 15.1 Å². The second-order valence-corrected chi connectivity index (χ2v) is 6.17. The number of benzene rings is 2. The predicted octanol–water partition coefficient (Wildman–Crippen LogP) is 4.35. The van der Waals surface area contributed by atoms with Crippen LogP contribution in [0.5, 0.6) is 0 Å². The molecule has 0 saturated heterocycles. The summed E-state index contributed by atoms with van der Waals surface area (Å²) in [5.41, 5.74) is 3.49. The number of non-ortho nitro benzene ring substituents is 1. The first-order valence-corrected chi connectivity index (χ1v) is 8.12. The molecule has 8 heteroatoms. The van der Waals surface area contributed by atoms with Gasteiger partial charge >= 0.3 is 0 Å². The fourth-order valence-electron chi connectivity index (χ4n) is 2.84. The van der Waals surface area contributed by atoms with Gasteiger partial charge in [-0.1, -0.05) is 29.8 Å². The predicted molar refractivity (Wildman–Crippen MR) is 98.5 cm³/mol. The van der Waals surface area contributed by atoms with Crippen LogP contribution in [-0.4, -0.2) is 24.7 Å². The van der Waals surface area contributed by atoms with E-state index in [1.54, 1.807) is 29.1 Å². The number of halogens is 1. The van der Waals surface area contributed by atoms with Crippen molar-refractivity contribution in [3.05, 3.63) is 75.8 Å². The van der Waals surface area contributed by atoms with E-state index in [0.717, 1.165) is 27.6 Å². The van der Waals surface area contributed by atoms with E-state index in [9.17, 15) is 10.1 Å². The molecule has 2 heterocycles. The molecule has 0 atom stereocenters. The fourth-order valence-corrected chi connectivity index (χ4v) is 2.98. The number of nitro benzene ring substituents is 1. The summed E-state index contributed by atoms with van der Waals surface area (Å²) in [5, 5.41) is 16.7. The minimum atomic E-state index is -0.394. The standard InChI is InChI=1S/C18H12ClN5O2/c1-11-2-5-14(24(25)26)7-15(11)12-3-4-13-9-22-23(16(13)6-12)18-8-17(19)20-10-21-18/h2-10H,1H3. The molecule has 4 rings (SSSR count). The van der Waals surface area contributed by atoms with Gasteiger partial charge in [0.25, 0.3) is 5.69 Å². The van der Waals surface area contributed by atoms with Crippen LogP contribution >= 0.6 is 11.6 Å². The monoisotopic (exact) mass is 365 g/mol. The molecular weight excluding hydrogens is 354 g/mol. The van der Waals surface area contributed by atoms with Gasteiger partial charge in [-0.15, -0.1) is 0 Å².